The van der Waals surface area contributed by atoms with E-state index in [0.717, 1.165) is 5.56 Å². The van der Waals surface area contributed by atoms with E-state index >= 15 is 0 Å². The average Bonchev–Trinajstić information content (AvgIpc) is 2.38. The van der Waals surface area contributed by atoms with Crippen molar-refractivity contribution in [2.45, 2.75) is 6.54 Å². The molecule has 0 saturated carbocycles. The van der Waals surface area contributed by atoms with E-state index in [0.29, 0.717) is 28.5 Å². The molecule has 2 aromatic carbocycles. The van der Waals surface area contributed by atoms with Crippen LogP contribution < -0.4 is 11.5 Å². The third-order valence-corrected chi connectivity index (χ3v) is 3.20. The highest BCUT2D eigenvalue weighted by molar-refractivity contribution is 6.30. The van der Waals surface area contributed by atoms with Crippen molar-refractivity contribution in [3.63, 3.8) is 0 Å². The van der Waals surface area contributed by atoms with Gasteiger partial charge in [-0.25, -0.2) is 0 Å². The Morgan fingerprint density at radius 1 is 1.20 bits per heavy atom. The summed E-state index contributed by atoms with van der Waals surface area (Å²) in [5, 5.41) is 0.648. The molecule has 0 atom stereocenters. The summed E-state index contributed by atoms with van der Waals surface area (Å²) in [6.45, 7) is 0.462. The number of nitrogens with two attached hydrogens (primary N) is 2. The van der Waals surface area contributed by atoms with Crippen LogP contribution in [0.15, 0.2) is 42.5 Å². The van der Waals surface area contributed by atoms with Crippen LogP contribution in [0.2, 0.25) is 5.02 Å². The largest absolute Gasteiger partial charge is 0.399 e. The van der Waals surface area contributed by atoms with E-state index in [1.807, 2.05) is 18.2 Å². The summed E-state index contributed by atoms with van der Waals surface area (Å²) in [6.07, 6.45) is 0. The van der Waals surface area contributed by atoms with Crippen molar-refractivity contribution in [1.29, 1.82) is 0 Å². The quantitative estimate of drug-likeness (QED) is 0.854. The number of nitrogen functional groups attached to an aromatic ring is 2. The predicted molar refractivity (Wildman–Crippen MR) is 82.5 cm³/mol. The molecule has 2 aromatic rings. The van der Waals surface area contributed by atoms with Crippen molar-refractivity contribution < 1.29 is 4.79 Å². The van der Waals surface area contributed by atoms with Gasteiger partial charge in [-0.15, -0.1) is 0 Å². The Labute approximate surface area is 122 Å². The zero-order valence-electron chi connectivity index (χ0n) is 11.1. The SMILES string of the molecule is CN(Cc1cccc(Cl)c1)C(=O)c1ccc(N)cc1N. The number of carbonyl (C=O) groups excluding carboxylic acids is 1. The highest BCUT2D eigenvalue weighted by Crippen LogP contribution is 2.19. The lowest BCUT2D eigenvalue weighted by Gasteiger charge is -2.18. The zero-order valence-corrected chi connectivity index (χ0v) is 11.9. The minimum atomic E-state index is -0.150. The van der Waals surface area contributed by atoms with E-state index in [9.17, 15) is 4.79 Å². The molecule has 0 unspecified atom stereocenters. The third-order valence-electron chi connectivity index (χ3n) is 2.96. The number of rotatable bonds is 3. The minimum absolute atomic E-state index is 0.150. The Hall–Kier alpha value is -2.20. The molecule has 20 heavy (non-hydrogen) atoms. The molecular formula is C15H16ClN3O. The summed E-state index contributed by atoms with van der Waals surface area (Å²) in [7, 11) is 1.72. The number of benzene rings is 2. The van der Waals surface area contributed by atoms with Crippen molar-refractivity contribution in [3.05, 3.63) is 58.6 Å². The number of anilines is 2. The Morgan fingerprint density at radius 3 is 2.60 bits per heavy atom. The van der Waals surface area contributed by atoms with Gasteiger partial charge in [-0.2, -0.15) is 0 Å². The van der Waals surface area contributed by atoms with Gasteiger partial charge in [0.2, 0.25) is 0 Å². The lowest BCUT2D eigenvalue weighted by Crippen LogP contribution is -2.27. The highest BCUT2D eigenvalue weighted by atomic mass is 35.5. The summed E-state index contributed by atoms with van der Waals surface area (Å²) in [5.41, 5.74) is 13.8. The topological polar surface area (TPSA) is 72.3 Å². The van der Waals surface area contributed by atoms with Gasteiger partial charge in [0, 0.05) is 30.0 Å². The second-order valence-corrected chi connectivity index (χ2v) is 5.07. The first-order chi connectivity index (χ1) is 9.47. The van der Waals surface area contributed by atoms with Crippen LogP contribution in [0.5, 0.6) is 0 Å². The summed E-state index contributed by atoms with van der Waals surface area (Å²) >= 11 is 5.93. The standard InChI is InChI=1S/C15H16ClN3O/c1-19(9-10-3-2-4-11(16)7-10)15(20)13-6-5-12(17)8-14(13)18/h2-8H,9,17-18H2,1H3. The van der Waals surface area contributed by atoms with Crippen LogP contribution in [0.1, 0.15) is 15.9 Å². The van der Waals surface area contributed by atoms with Crippen LogP contribution in [0, 0.1) is 0 Å². The Balaban J connectivity index is 2.16. The van der Waals surface area contributed by atoms with E-state index < -0.39 is 0 Å². The molecule has 1 amide bonds. The van der Waals surface area contributed by atoms with Crippen LogP contribution in [0.3, 0.4) is 0 Å². The number of amides is 1. The molecule has 104 valence electrons. The molecule has 5 heteroatoms. The second-order valence-electron chi connectivity index (χ2n) is 4.64. The first kappa shape index (κ1) is 14.2. The van der Waals surface area contributed by atoms with Gasteiger partial charge in [0.05, 0.1) is 5.56 Å². The van der Waals surface area contributed by atoms with Gasteiger partial charge >= 0.3 is 0 Å². The predicted octanol–water partition coefficient (Wildman–Crippen LogP) is 2.78. The van der Waals surface area contributed by atoms with E-state index in [1.165, 1.54) is 0 Å². The zero-order chi connectivity index (χ0) is 14.7. The molecule has 0 aromatic heterocycles. The molecule has 0 aliphatic rings. The van der Waals surface area contributed by atoms with E-state index in [2.05, 4.69) is 0 Å². The molecule has 0 spiro atoms. The van der Waals surface area contributed by atoms with Gasteiger partial charge < -0.3 is 16.4 Å². The van der Waals surface area contributed by atoms with Crippen LogP contribution >= 0.6 is 11.6 Å². The van der Waals surface area contributed by atoms with Gasteiger partial charge in [0.25, 0.3) is 5.91 Å². The summed E-state index contributed by atoms with van der Waals surface area (Å²) in [5.74, 6) is -0.150. The van der Waals surface area contributed by atoms with Gasteiger partial charge in [-0.05, 0) is 35.9 Å². The lowest BCUT2D eigenvalue weighted by atomic mass is 10.1. The Morgan fingerprint density at radius 2 is 1.95 bits per heavy atom. The van der Waals surface area contributed by atoms with E-state index in [1.54, 1.807) is 36.2 Å². The Kier molecular flexibility index (Phi) is 4.15. The fraction of sp³-hybridized carbons (Fsp3) is 0.133. The number of carbonyl (C=O) groups is 1. The van der Waals surface area contributed by atoms with Crippen molar-refractivity contribution in [2.75, 3.05) is 18.5 Å². The minimum Gasteiger partial charge on any atom is -0.399 e. The Bertz CT molecular complexity index is 643. The first-order valence-electron chi connectivity index (χ1n) is 6.12. The van der Waals surface area contributed by atoms with Crippen molar-refractivity contribution in [2.24, 2.45) is 0 Å². The molecule has 0 heterocycles. The van der Waals surface area contributed by atoms with Gasteiger partial charge in [0.15, 0.2) is 0 Å². The van der Waals surface area contributed by atoms with E-state index in [4.69, 9.17) is 23.1 Å². The maximum absolute atomic E-state index is 12.3. The maximum atomic E-state index is 12.3. The lowest BCUT2D eigenvalue weighted by molar-refractivity contribution is 0.0786. The van der Waals surface area contributed by atoms with Crippen molar-refractivity contribution in [1.82, 2.24) is 4.90 Å². The number of hydrogen-bond donors (Lipinski definition) is 2. The highest BCUT2D eigenvalue weighted by Gasteiger charge is 2.15. The summed E-state index contributed by atoms with van der Waals surface area (Å²) in [4.78, 5) is 13.9. The molecular weight excluding hydrogens is 274 g/mol. The molecule has 0 aliphatic heterocycles. The molecule has 0 fully saturated rings. The fourth-order valence-electron chi connectivity index (χ4n) is 1.96. The van der Waals surface area contributed by atoms with Crippen molar-refractivity contribution >= 4 is 28.9 Å². The fourth-order valence-corrected chi connectivity index (χ4v) is 2.18. The molecule has 0 aliphatic carbocycles. The van der Waals surface area contributed by atoms with Crippen LogP contribution in [0.4, 0.5) is 11.4 Å². The monoisotopic (exact) mass is 289 g/mol. The van der Waals surface area contributed by atoms with Gasteiger partial charge in [-0.1, -0.05) is 23.7 Å². The third kappa shape index (κ3) is 3.22. The average molecular weight is 290 g/mol. The van der Waals surface area contributed by atoms with E-state index in [-0.39, 0.29) is 5.91 Å². The van der Waals surface area contributed by atoms with Crippen molar-refractivity contribution in [3.8, 4) is 0 Å². The molecule has 4 N–H and O–H groups in total. The summed E-state index contributed by atoms with van der Waals surface area (Å²) in [6, 6.07) is 12.3. The molecule has 0 radical (unpaired) electrons. The smallest absolute Gasteiger partial charge is 0.255 e. The normalized spacial score (nSPS) is 10.3. The van der Waals surface area contributed by atoms with Gasteiger partial charge in [0.1, 0.15) is 0 Å². The second kappa shape index (κ2) is 5.84. The van der Waals surface area contributed by atoms with Crippen LogP contribution in [-0.2, 0) is 6.54 Å². The summed E-state index contributed by atoms with van der Waals surface area (Å²) < 4.78 is 0. The van der Waals surface area contributed by atoms with Gasteiger partial charge in [-0.3, -0.25) is 4.79 Å². The number of hydrogen-bond acceptors (Lipinski definition) is 3. The van der Waals surface area contributed by atoms with Crippen LogP contribution in [0.25, 0.3) is 0 Å². The number of nitrogens with zero attached hydrogens (tertiary/aromatic N) is 1. The molecule has 0 bridgehead atoms. The molecule has 2 rings (SSSR count). The maximum Gasteiger partial charge on any atom is 0.255 e. The van der Waals surface area contributed by atoms with Crippen LogP contribution in [-0.4, -0.2) is 17.9 Å². The first-order valence-corrected chi connectivity index (χ1v) is 6.50. The number of halogens is 1. The molecule has 4 nitrogen and oxygen atoms in total. The molecule has 0 saturated heterocycles.